The molecule has 0 aliphatic carbocycles. The molecule has 0 fully saturated rings. The van der Waals surface area contributed by atoms with Gasteiger partial charge in [0.2, 0.25) is 0 Å². The maximum atomic E-state index is 12.3. The van der Waals surface area contributed by atoms with Gasteiger partial charge in [0, 0.05) is 50.5 Å². The molecule has 106 valence electrons. The van der Waals surface area contributed by atoms with Gasteiger partial charge in [-0.3, -0.25) is 9.69 Å². The lowest BCUT2D eigenvalue weighted by molar-refractivity contribution is 0.256. The highest BCUT2D eigenvalue weighted by atomic mass is 16.3. The van der Waals surface area contributed by atoms with Gasteiger partial charge in [0.05, 0.1) is 0 Å². The van der Waals surface area contributed by atoms with Crippen molar-refractivity contribution in [3.8, 4) is 0 Å². The Balaban J connectivity index is 2.43. The number of rotatable bonds is 5. The van der Waals surface area contributed by atoms with Gasteiger partial charge in [0.15, 0.2) is 0 Å². The van der Waals surface area contributed by atoms with Crippen LogP contribution in [0.3, 0.4) is 0 Å². The summed E-state index contributed by atoms with van der Waals surface area (Å²) >= 11 is 0. The Labute approximate surface area is 113 Å². The minimum absolute atomic E-state index is 0.0136. The number of nitrogens with two attached hydrogens (primary N) is 1. The molecule has 1 aliphatic rings. The van der Waals surface area contributed by atoms with E-state index in [0.717, 1.165) is 31.7 Å². The van der Waals surface area contributed by atoms with Gasteiger partial charge in [-0.2, -0.15) is 0 Å². The third-order valence-electron chi connectivity index (χ3n) is 3.83. The highest BCUT2D eigenvalue weighted by Gasteiger charge is 2.20. The number of aromatic nitrogens is 1. The fraction of sp³-hybridized carbons (Fsp3) is 0.643. The van der Waals surface area contributed by atoms with Gasteiger partial charge in [0.1, 0.15) is 0 Å². The Kier molecular flexibility index (Phi) is 4.74. The van der Waals surface area contributed by atoms with Crippen molar-refractivity contribution in [3.63, 3.8) is 0 Å². The summed E-state index contributed by atoms with van der Waals surface area (Å²) in [5.41, 5.74) is 8.70. The number of pyridine rings is 1. The lowest BCUT2D eigenvalue weighted by atomic mass is 10.0. The molecule has 0 unspecified atom stereocenters. The summed E-state index contributed by atoms with van der Waals surface area (Å²) in [7, 11) is 0. The molecule has 1 aromatic rings. The molecule has 2 rings (SSSR count). The second-order valence-electron chi connectivity index (χ2n) is 5.00. The first-order valence-electron chi connectivity index (χ1n) is 6.99. The quantitative estimate of drug-likeness (QED) is 0.790. The molecule has 0 spiro atoms. The Morgan fingerprint density at radius 3 is 2.89 bits per heavy atom. The molecule has 5 nitrogen and oxygen atoms in total. The molecule has 3 N–H and O–H groups in total. The van der Waals surface area contributed by atoms with Gasteiger partial charge < -0.3 is 15.4 Å². The molecular weight excluding hydrogens is 242 g/mol. The minimum atomic E-state index is 0.0136. The Hall–Kier alpha value is -1.17. The number of nitrogens with zero attached hydrogens (tertiary/aromatic N) is 2. The molecule has 5 heteroatoms. The smallest absolute Gasteiger partial charge is 0.255 e. The Bertz CT molecular complexity index is 496. The average molecular weight is 265 g/mol. The molecule has 0 radical (unpaired) electrons. The average Bonchev–Trinajstić information content (AvgIpc) is 2.45. The third kappa shape index (κ3) is 2.88. The topological polar surface area (TPSA) is 71.5 Å². The molecule has 0 atom stereocenters. The monoisotopic (exact) mass is 265 g/mol. The predicted octanol–water partition coefficient (Wildman–Crippen LogP) is 0.0674. The van der Waals surface area contributed by atoms with E-state index in [4.69, 9.17) is 10.8 Å². The molecule has 1 aromatic heterocycles. The van der Waals surface area contributed by atoms with Crippen LogP contribution in [0.15, 0.2) is 10.9 Å². The van der Waals surface area contributed by atoms with Crippen molar-refractivity contribution in [3.05, 3.63) is 33.2 Å². The first kappa shape index (κ1) is 14.2. The van der Waals surface area contributed by atoms with Crippen LogP contribution in [0.2, 0.25) is 0 Å². The van der Waals surface area contributed by atoms with Crippen LogP contribution in [-0.2, 0) is 26.1 Å². The third-order valence-corrected chi connectivity index (χ3v) is 3.83. The van der Waals surface area contributed by atoms with E-state index >= 15 is 0 Å². The van der Waals surface area contributed by atoms with E-state index < -0.39 is 0 Å². The van der Waals surface area contributed by atoms with Gasteiger partial charge >= 0.3 is 0 Å². The summed E-state index contributed by atoms with van der Waals surface area (Å²) in [5.74, 6) is 0. The molecule has 0 bridgehead atoms. The first-order valence-corrected chi connectivity index (χ1v) is 6.99. The van der Waals surface area contributed by atoms with Crippen molar-refractivity contribution in [1.82, 2.24) is 9.47 Å². The van der Waals surface area contributed by atoms with Gasteiger partial charge in [-0.15, -0.1) is 0 Å². The minimum Gasteiger partial charge on any atom is -0.396 e. The normalized spacial score (nSPS) is 15.5. The lowest BCUT2D eigenvalue weighted by Crippen LogP contribution is -2.37. The maximum Gasteiger partial charge on any atom is 0.255 e. The Morgan fingerprint density at radius 2 is 2.26 bits per heavy atom. The van der Waals surface area contributed by atoms with E-state index in [2.05, 4.69) is 11.8 Å². The molecule has 0 saturated carbocycles. The Morgan fingerprint density at radius 1 is 1.47 bits per heavy atom. The maximum absolute atomic E-state index is 12.3. The number of aliphatic hydroxyl groups is 1. The van der Waals surface area contributed by atoms with Crippen LogP contribution < -0.4 is 11.3 Å². The number of aliphatic hydroxyl groups excluding tert-OH is 1. The van der Waals surface area contributed by atoms with Crippen LogP contribution >= 0.6 is 0 Å². The number of hydrogen-bond acceptors (Lipinski definition) is 4. The van der Waals surface area contributed by atoms with Crippen molar-refractivity contribution >= 4 is 0 Å². The van der Waals surface area contributed by atoms with Crippen molar-refractivity contribution < 1.29 is 5.11 Å². The summed E-state index contributed by atoms with van der Waals surface area (Å²) in [4.78, 5) is 14.7. The van der Waals surface area contributed by atoms with Crippen LogP contribution in [0.25, 0.3) is 0 Å². The molecule has 19 heavy (non-hydrogen) atoms. The summed E-state index contributed by atoms with van der Waals surface area (Å²) in [6.07, 6.45) is 1.51. The van der Waals surface area contributed by atoms with Crippen molar-refractivity contribution in [2.75, 3.05) is 19.7 Å². The SMILES string of the molecule is CCN1CCc2c(cc(CN)c(=O)n2CCCO)C1. The first-order chi connectivity index (χ1) is 9.21. The number of likely N-dealkylation sites (N-methyl/N-ethyl adjacent to an activating group) is 1. The molecule has 0 aromatic carbocycles. The second-order valence-corrected chi connectivity index (χ2v) is 5.00. The largest absolute Gasteiger partial charge is 0.396 e. The molecule has 0 amide bonds. The van der Waals surface area contributed by atoms with Crippen molar-refractivity contribution in [2.45, 2.75) is 39.4 Å². The van der Waals surface area contributed by atoms with Crippen molar-refractivity contribution in [1.29, 1.82) is 0 Å². The van der Waals surface area contributed by atoms with E-state index in [0.29, 0.717) is 18.5 Å². The highest BCUT2D eigenvalue weighted by Crippen LogP contribution is 2.18. The molecule has 2 heterocycles. The summed E-state index contributed by atoms with van der Waals surface area (Å²) < 4.78 is 1.82. The second kappa shape index (κ2) is 6.32. The zero-order valence-electron chi connectivity index (χ0n) is 11.6. The fourth-order valence-electron chi connectivity index (χ4n) is 2.72. The van der Waals surface area contributed by atoms with Gasteiger partial charge in [0.25, 0.3) is 5.56 Å². The molecule has 1 aliphatic heterocycles. The number of hydrogen-bond donors (Lipinski definition) is 2. The molecule has 0 saturated heterocycles. The van der Waals surface area contributed by atoms with E-state index in [-0.39, 0.29) is 18.7 Å². The van der Waals surface area contributed by atoms with E-state index in [1.165, 1.54) is 5.56 Å². The van der Waals surface area contributed by atoms with Crippen LogP contribution in [0.1, 0.15) is 30.2 Å². The van der Waals surface area contributed by atoms with Crippen molar-refractivity contribution in [2.24, 2.45) is 5.73 Å². The van der Waals surface area contributed by atoms with Crippen LogP contribution in [0.4, 0.5) is 0 Å². The van der Waals surface area contributed by atoms with E-state index in [1.807, 2.05) is 10.6 Å². The van der Waals surface area contributed by atoms with Crippen LogP contribution in [0.5, 0.6) is 0 Å². The van der Waals surface area contributed by atoms with Crippen LogP contribution in [0, 0.1) is 0 Å². The summed E-state index contributed by atoms with van der Waals surface area (Å²) in [5, 5.41) is 8.98. The van der Waals surface area contributed by atoms with Crippen LogP contribution in [-0.4, -0.2) is 34.3 Å². The van der Waals surface area contributed by atoms with E-state index in [9.17, 15) is 4.79 Å². The van der Waals surface area contributed by atoms with Gasteiger partial charge in [-0.25, -0.2) is 0 Å². The van der Waals surface area contributed by atoms with E-state index in [1.54, 1.807) is 0 Å². The van der Waals surface area contributed by atoms with Gasteiger partial charge in [-0.1, -0.05) is 6.92 Å². The summed E-state index contributed by atoms with van der Waals surface area (Å²) in [6, 6.07) is 1.97. The zero-order valence-corrected chi connectivity index (χ0v) is 11.6. The molecular formula is C14H23N3O2. The highest BCUT2D eigenvalue weighted by molar-refractivity contribution is 5.29. The van der Waals surface area contributed by atoms with Gasteiger partial charge in [-0.05, 0) is 24.6 Å². The summed E-state index contributed by atoms with van der Waals surface area (Å²) in [6.45, 7) is 6.01. The fourth-order valence-corrected chi connectivity index (χ4v) is 2.72. The lowest BCUT2D eigenvalue weighted by Gasteiger charge is -2.30. The standard InChI is InChI=1S/C14H23N3O2/c1-2-16-6-4-13-12(10-16)8-11(9-15)14(19)17(13)5-3-7-18/h8,18H,2-7,9-10,15H2,1H3. The zero-order chi connectivity index (χ0) is 13.8. The predicted molar refractivity (Wildman–Crippen MR) is 75.0 cm³/mol. The number of fused-ring (bicyclic) bond motifs is 1.